The summed E-state index contributed by atoms with van der Waals surface area (Å²) >= 11 is 9.34. The standard InChI is InChI=1S/C25H23BrClN3O2/c26-19-6-3-5-18(17-19)25(31)28-14-4-9-24-29-22-7-1-2-8-23(22)30(24)15-16-32-21-12-10-20(27)11-13-21/h1-3,5-8,10-13,17H,4,9,14-16H2,(H,28,31). The molecule has 0 bridgehead atoms. The summed E-state index contributed by atoms with van der Waals surface area (Å²) in [5.41, 5.74) is 2.69. The molecule has 4 rings (SSSR count). The lowest BCUT2D eigenvalue weighted by Crippen LogP contribution is -2.25. The lowest BCUT2D eigenvalue weighted by atomic mass is 10.2. The maximum Gasteiger partial charge on any atom is 0.251 e. The van der Waals surface area contributed by atoms with Gasteiger partial charge in [-0.05, 0) is 61.0 Å². The molecule has 7 heteroatoms. The number of aryl methyl sites for hydroxylation is 1. The predicted molar refractivity (Wildman–Crippen MR) is 131 cm³/mol. The van der Waals surface area contributed by atoms with Gasteiger partial charge in [-0.15, -0.1) is 0 Å². The first-order valence-electron chi connectivity index (χ1n) is 10.5. The molecular formula is C25H23BrClN3O2. The SMILES string of the molecule is O=C(NCCCc1nc2ccccc2n1CCOc1ccc(Cl)cc1)c1cccc(Br)c1. The Labute approximate surface area is 200 Å². The highest BCUT2D eigenvalue weighted by molar-refractivity contribution is 9.10. The van der Waals surface area contributed by atoms with Crippen LogP contribution in [-0.4, -0.2) is 28.6 Å². The first-order chi connectivity index (χ1) is 15.6. The van der Waals surface area contributed by atoms with E-state index in [9.17, 15) is 4.79 Å². The highest BCUT2D eigenvalue weighted by Crippen LogP contribution is 2.19. The number of amides is 1. The molecule has 0 fully saturated rings. The van der Waals surface area contributed by atoms with Crippen LogP contribution < -0.4 is 10.1 Å². The van der Waals surface area contributed by atoms with Gasteiger partial charge in [-0.25, -0.2) is 4.98 Å². The quantitative estimate of drug-likeness (QED) is 0.284. The van der Waals surface area contributed by atoms with Gasteiger partial charge in [0.25, 0.3) is 5.91 Å². The second-order valence-electron chi connectivity index (χ2n) is 7.34. The lowest BCUT2D eigenvalue weighted by molar-refractivity contribution is 0.0953. The van der Waals surface area contributed by atoms with Gasteiger partial charge in [0.15, 0.2) is 0 Å². The van der Waals surface area contributed by atoms with Crippen molar-refractivity contribution < 1.29 is 9.53 Å². The molecule has 4 aromatic rings. The summed E-state index contributed by atoms with van der Waals surface area (Å²) in [5.74, 6) is 1.70. The van der Waals surface area contributed by atoms with Gasteiger partial charge >= 0.3 is 0 Å². The van der Waals surface area contributed by atoms with Crippen LogP contribution in [0.25, 0.3) is 11.0 Å². The summed E-state index contributed by atoms with van der Waals surface area (Å²) in [7, 11) is 0. The first kappa shape index (κ1) is 22.4. The van der Waals surface area contributed by atoms with Gasteiger partial charge in [0.2, 0.25) is 0 Å². The third-order valence-electron chi connectivity index (χ3n) is 5.08. The van der Waals surface area contributed by atoms with E-state index in [1.165, 1.54) is 0 Å². The molecule has 0 aliphatic carbocycles. The third kappa shape index (κ3) is 5.69. The van der Waals surface area contributed by atoms with Crippen LogP contribution in [0.4, 0.5) is 0 Å². The van der Waals surface area contributed by atoms with E-state index in [1.54, 1.807) is 6.07 Å². The van der Waals surface area contributed by atoms with E-state index in [4.69, 9.17) is 21.3 Å². The van der Waals surface area contributed by atoms with E-state index in [0.717, 1.165) is 39.9 Å². The number of para-hydroxylation sites is 2. The van der Waals surface area contributed by atoms with Crippen LogP contribution in [0, 0.1) is 0 Å². The predicted octanol–water partition coefficient (Wildman–Crippen LogP) is 5.89. The van der Waals surface area contributed by atoms with Crippen LogP contribution >= 0.6 is 27.5 Å². The molecule has 1 heterocycles. The fourth-order valence-electron chi connectivity index (χ4n) is 3.53. The second-order valence-corrected chi connectivity index (χ2v) is 8.69. The molecule has 1 amide bonds. The fourth-order valence-corrected chi connectivity index (χ4v) is 4.06. The Balaban J connectivity index is 1.36. The monoisotopic (exact) mass is 511 g/mol. The van der Waals surface area contributed by atoms with Crippen molar-refractivity contribution in [3.05, 3.63) is 93.7 Å². The summed E-state index contributed by atoms with van der Waals surface area (Å²) in [5, 5.41) is 3.67. The van der Waals surface area contributed by atoms with Crippen molar-refractivity contribution in [1.82, 2.24) is 14.9 Å². The summed E-state index contributed by atoms with van der Waals surface area (Å²) in [6.45, 7) is 1.79. The number of nitrogens with zero attached hydrogens (tertiary/aromatic N) is 2. The minimum Gasteiger partial charge on any atom is -0.492 e. The number of ether oxygens (including phenoxy) is 1. The molecule has 0 atom stereocenters. The molecule has 0 saturated heterocycles. The maximum atomic E-state index is 12.3. The molecule has 0 spiro atoms. The van der Waals surface area contributed by atoms with Gasteiger partial charge in [0.05, 0.1) is 17.6 Å². The molecule has 0 unspecified atom stereocenters. The summed E-state index contributed by atoms with van der Waals surface area (Å²) in [4.78, 5) is 17.1. The molecule has 164 valence electrons. The molecule has 3 aromatic carbocycles. The molecule has 0 aliphatic rings. The van der Waals surface area contributed by atoms with Crippen LogP contribution in [-0.2, 0) is 13.0 Å². The average Bonchev–Trinajstić information content (AvgIpc) is 3.15. The van der Waals surface area contributed by atoms with Crippen LogP contribution in [0.3, 0.4) is 0 Å². The molecule has 0 radical (unpaired) electrons. The largest absolute Gasteiger partial charge is 0.492 e. The number of benzene rings is 3. The van der Waals surface area contributed by atoms with Crippen molar-refractivity contribution in [3.8, 4) is 5.75 Å². The molecule has 0 saturated carbocycles. The van der Waals surface area contributed by atoms with Gasteiger partial charge in [0, 0.05) is 28.0 Å². The number of hydrogen-bond donors (Lipinski definition) is 1. The Morgan fingerprint density at radius 2 is 1.88 bits per heavy atom. The Bertz CT molecular complexity index is 1210. The van der Waals surface area contributed by atoms with Gasteiger partial charge in [-0.2, -0.15) is 0 Å². The molecule has 1 aromatic heterocycles. The normalized spacial score (nSPS) is 10.9. The number of halogens is 2. The van der Waals surface area contributed by atoms with E-state index in [-0.39, 0.29) is 5.91 Å². The number of aromatic nitrogens is 2. The van der Waals surface area contributed by atoms with E-state index >= 15 is 0 Å². The highest BCUT2D eigenvalue weighted by atomic mass is 79.9. The van der Waals surface area contributed by atoms with Crippen LogP contribution in [0.5, 0.6) is 5.75 Å². The third-order valence-corrected chi connectivity index (χ3v) is 5.83. The van der Waals surface area contributed by atoms with Crippen molar-refractivity contribution in [3.63, 3.8) is 0 Å². The summed E-state index contributed by atoms with van der Waals surface area (Å²) in [6.07, 6.45) is 1.55. The van der Waals surface area contributed by atoms with Crippen LogP contribution in [0.2, 0.25) is 5.02 Å². The van der Waals surface area contributed by atoms with Crippen LogP contribution in [0.1, 0.15) is 22.6 Å². The second kappa shape index (κ2) is 10.7. The van der Waals surface area contributed by atoms with Crippen LogP contribution in [0.15, 0.2) is 77.3 Å². The van der Waals surface area contributed by atoms with Gasteiger partial charge < -0.3 is 14.6 Å². The molecular weight excluding hydrogens is 490 g/mol. The Kier molecular flexibility index (Phi) is 7.45. The van der Waals surface area contributed by atoms with Crippen molar-refractivity contribution >= 4 is 44.5 Å². The van der Waals surface area contributed by atoms with Crippen molar-refractivity contribution in [2.24, 2.45) is 0 Å². The Hall–Kier alpha value is -2.83. The van der Waals surface area contributed by atoms with Gasteiger partial charge in [-0.3, -0.25) is 4.79 Å². The van der Waals surface area contributed by atoms with E-state index in [0.29, 0.717) is 30.3 Å². The average molecular weight is 513 g/mol. The van der Waals surface area contributed by atoms with Crippen molar-refractivity contribution in [2.45, 2.75) is 19.4 Å². The Morgan fingerprint density at radius 1 is 1.06 bits per heavy atom. The number of carbonyl (C=O) groups is 1. The zero-order valence-corrected chi connectivity index (χ0v) is 19.8. The molecule has 5 nitrogen and oxygen atoms in total. The highest BCUT2D eigenvalue weighted by Gasteiger charge is 2.11. The number of nitrogens with one attached hydrogen (secondary N) is 1. The zero-order valence-electron chi connectivity index (χ0n) is 17.4. The number of rotatable bonds is 9. The Morgan fingerprint density at radius 3 is 2.69 bits per heavy atom. The topological polar surface area (TPSA) is 56.2 Å². The number of hydrogen-bond acceptors (Lipinski definition) is 3. The summed E-state index contributed by atoms with van der Waals surface area (Å²) in [6, 6.07) is 22.8. The smallest absolute Gasteiger partial charge is 0.251 e. The number of imidazole rings is 1. The number of fused-ring (bicyclic) bond motifs is 1. The number of carbonyl (C=O) groups excluding carboxylic acids is 1. The van der Waals surface area contributed by atoms with Crippen molar-refractivity contribution in [1.29, 1.82) is 0 Å². The lowest BCUT2D eigenvalue weighted by Gasteiger charge is -2.11. The minimum atomic E-state index is -0.0730. The van der Waals surface area contributed by atoms with E-state index in [2.05, 4.69) is 31.9 Å². The molecule has 1 N–H and O–H groups in total. The zero-order chi connectivity index (χ0) is 22.3. The van der Waals surface area contributed by atoms with Crippen molar-refractivity contribution in [2.75, 3.05) is 13.2 Å². The molecule has 32 heavy (non-hydrogen) atoms. The van der Waals surface area contributed by atoms with E-state index < -0.39 is 0 Å². The maximum absolute atomic E-state index is 12.3. The minimum absolute atomic E-state index is 0.0730. The summed E-state index contributed by atoms with van der Waals surface area (Å²) < 4.78 is 8.97. The van der Waals surface area contributed by atoms with Gasteiger partial charge in [0.1, 0.15) is 18.2 Å². The van der Waals surface area contributed by atoms with E-state index in [1.807, 2.05) is 60.7 Å². The fraction of sp³-hybridized carbons (Fsp3) is 0.200. The first-order valence-corrected chi connectivity index (χ1v) is 11.6. The molecule has 0 aliphatic heterocycles. The van der Waals surface area contributed by atoms with Gasteiger partial charge in [-0.1, -0.05) is 45.7 Å².